The first kappa shape index (κ1) is 16.3. The minimum Gasteiger partial charge on any atom is -0.311 e. The largest absolute Gasteiger partial charge is 0.311 e. The van der Waals surface area contributed by atoms with E-state index in [0.717, 1.165) is 23.2 Å². The second kappa shape index (κ2) is 6.28. The molecule has 0 aliphatic carbocycles. The van der Waals surface area contributed by atoms with Crippen molar-refractivity contribution in [2.75, 3.05) is 24.5 Å². The van der Waals surface area contributed by atoms with Gasteiger partial charge in [0.15, 0.2) is 0 Å². The van der Waals surface area contributed by atoms with E-state index in [9.17, 15) is 13.2 Å². The van der Waals surface area contributed by atoms with Crippen LogP contribution in [0.2, 0.25) is 0 Å². The molecule has 2 aliphatic heterocycles. The number of fused-ring (bicyclic) bond motifs is 1. The van der Waals surface area contributed by atoms with Crippen LogP contribution in [0.25, 0.3) is 0 Å². The van der Waals surface area contributed by atoms with E-state index in [1.54, 1.807) is 4.90 Å². The first-order valence-corrected chi connectivity index (χ1v) is 10.00. The first-order valence-electron chi connectivity index (χ1n) is 8.49. The van der Waals surface area contributed by atoms with E-state index < -0.39 is 15.3 Å². The number of hydrogen-bond acceptors (Lipinski definition) is 3. The van der Waals surface area contributed by atoms with Crippen LogP contribution in [-0.4, -0.2) is 38.3 Å². The minimum atomic E-state index is -3.50. The maximum absolute atomic E-state index is 12.8. The van der Waals surface area contributed by atoms with E-state index >= 15 is 0 Å². The summed E-state index contributed by atoms with van der Waals surface area (Å²) in [5.41, 5.74) is 2.84. The molecule has 0 radical (unpaired) electrons. The lowest BCUT2D eigenvalue weighted by Crippen LogP contribution is -2.40. The van der Waals surface area contributed by atoms with Crippen LogP contribution in [0.5, 0.6) is 0 Å². The molecule has 0 bridgehead atoms. The van der Waals surface area contributed by atoms with Gasteiger partial charge in [-0.2, -0.15) is 4.31 Å². The lowest BCUT2D eigenvalue weighted by molar-refractivity contribution is -0.118. The highest BCUT2D eigenvalue weighted by atomic mass is 32.2. The summed E-state index contributed by atoms with van der Waals surface area (Å²) in [7, 11) is -3.50. The van der Waals surface area contributed by atoms with Crippen molar-refractivity contribution in [3.05, 3.63) is 65.7 Å². The van der Waals surface area contributed by atoms with Gasteiger partial charge in [-0.05, 0) is 30.0 Å². The van der Waals surface area contributed by atoms with Gasteiger partial charge in [0.2, 0.25) is 15.9 Å². The number of rotatable bonds is 3. The summed E-state index contributed by atoms with van der Waals surface area (Å²) < 4.78 is 27.0. The zero-order chi connectivity index (χ0) is 17.4. The average Bonchev–Trinajstić information content (AvgIpc) is 3.17. The molecule has 2 aromatic rings. The summed E-state index contributed by atoms with van der Waals surface area (Å²) >= 11 is 0. The zero-order valence-electron chi connectivity index (χ0n) is 13.8. The SMILES string of the molecule is O=C(CN1CCC(c2ccccc2)S1(=O)=O)N1CCc2ccccc21. The predicted octanol–water partition coefficient (Wildman–Crippen LogP) is 2.35. The molecule has 25 heavy (non-hydrogen) atoms. The zero-order valence-corrected chi connectivity index (χ0v) is 14.7. The van der Waals surface area contributed by atoms with E-state index in [0.29, 0.717) is 19.5 Å². The third kappa shape index (κ3) is 2.85. The van der Waals surface area contributed by atoms with E-state index in [1.165, 1.54) is 4.31 Å². The Kier molecular flexibility index (Phi) is 4.09. The summed E-state index contributed by atoms with van der Waals surface area (Å²) in [5.74, 6) is -0.151. The topological polar surface area (TPSA) is 57.7 Å². The molecule has 2 aliphatic rings. The molecule has 1 amide bonds. The summed E-state index contributed by atoms with van der Waals surface area (Å²) in [6, 6.07) is 17.0. The van der Waals surface area contributed by atoms with Crippen LogP contribution in [0.3, 0.4) is 0 Å². The molecule has 4 rings (SSSR count). The van der Waals surface area contributed by atoms with Crippen molar-refractivity contribution < 1.29 is 13.2 Å². The van der Waals surface area contributed by atoms with Gasteiger partial charge in [-0.3, -0.25) is 4.79 Å². The van der Waals surface area contributed by atoms with Gasteiger partial charge in [-0.25, -0.2) is 8.42 Å². The van der Waals surface area contributed by atoms with E-state index in [2.05, 4.69) is 0 Å². The number of nitrogens with zero attached hydrogens (tertiary/aromatic N) is 2. The summed E-state index contributed by atoms with van der Waals surface area (Å²) in [4.78, 5) is 14.4. The molecule has 0 saturated carbocycles. The Hall–Kier alpha value is -2.18. The van der Waals surface area contributed by atoms with Crippen LogP contribution in [-0.2, 0) is 21.2 Å². The molecular formula is C19H20N2O3S. The van der Waals surface area contributed by atoms with Crippen molar-refractivity contribution in [3.63, 3.8) is 0 Å². The van der Waals surface area contributed by atoms with Gasteiger partial charge in [-0.1, -0.05) is 48.5 Å². The molecule has 130 valence electrons. The Morgan fingerprint density at radius 3 is 2.52 bits per heavy atom. The second-order valence-corrected chi connectivity index (χ2v) is 8.61. The monoisotopic (exact) mass is 356 g/mol. The molecular weight excluding hydrogens is 336 g/mol. The fourth-order valence-corrected chi connectivity index (χ4v) is 5.64. The van der Waals surface area contributed by atoms with Gasteiger partial charge < -0.3 is 4.90 Å². The van der Waals surface area contributed by atoms with E-state index in [-0.39, 0.29) is 12.5 Å². The van der Waals surface area contributed by atoms with Crippen LogP contribution in [0.15, 0.2) is 54.6 Å². The number of carbonyl (C=O) groups is 1. The predicted molar refractivity (Wildman–Crippen MR) is 96.8 cm³/mol. The lowest BCUT2D eigenvalue weighted by Gasteiger charge is -2.22. The maximum Gasteiger partial charge on any atom is 0.242 e. The normalized spacial score (nSPS) is 22.1. The van der Waals surface area contributed by atoms with Crippen molar-refractivity contribution in [1.82, 2.24) is 4.31 Å². The van der Waals surface area contributed by atoms with Crippen molar-refractivity contribution in [2.24, 2.45) is 0 Å². The first-order chi connectivity index (χ1) is 12.1. The third-order valence-electron chi connectivity index (χ3n) is 5.03. The molecule has 0 N–H and O–H groups in total. The van der Waals surface area contributed by atoms with Crippen molar-refractivity contribution in [3.8, 4) is 0 Å². The molecule has 0 aromatic heterocycles. The molecule has 1 saturated heterocycles. The molecule has 1 fully saturated rings. The van der Waals surface area contributed by atoms with Crippen LogP contribution < -0.4 is 4.90 Å². The van der Waals surface area contributed by atoms with Gasteiger partial charge in [-0.15, -0.1) is 0 Å². The molecule has 2 aromatic carbocycles. The van der Waals surface area contributed by atoms with Crippen molar-refractivity contribution in [2.45, 2.75) is 18.1 Å². The molecule has 0 spiro atoms. The van der Waals surface area contributed by atoms with Gasteiger partial charge in [0.25, 0.3) is 0 Å². The highest BCUT2D eigenvalue weighted by molar-refractivity contribution is 7.89. The van der Waals surface area contributed by atoms with E-state index in [1.807, 2.05) is 54.6 Å². The molecule has 5 nitrogen and oxygen atoms in total. The number of benzene rings is 2. The summed E-state index contributed by atoms with van der Waals surface area (Å²) in [6.07, 6.45) is 1.34. The average molecular weight is 356 g/mol. The molecule has 1 atom stereocenters. The Bertz CT molecular complexity index is 896. The number of hydrogen-bond donors (Lipinski definition) is 0. The molecule has 2 heterocycles. The number of carbonyl (C=O) groups excluding carboxylic acids is 1. The van der Waals surface area contributed by atoms with Crippen molar-refractivity contribution in [1.29, 1.82) is 0 Å². The number of amides is 1. The van der Waals surface area contributed by atoms with Crippen LogP contribution in [0, 0.1) is 0 Å². The highest BCUT2D eigenvalue weighted by Gasteiger charge is 2.41. The van der Waals surface area contributed by atoms with Gasteiger partial charge in [0, 0.05) is 18.8 Å². The smallest absolute Gasteiger partial charge is 0.242 e. The second-order valence-electron chi connectivity index (χ2n) is 6.49. The Labute approximate surface area is 147 Å². The van der Waals surface area contributed by atoms with Gasteiger partial charge >= 0.3 is 0 Å². The number of anilines is 1. The van der Waals surface area contributed by atoms with Crippen LogP contribution in [0.4, 0.5) is 5.69 Å². The minimum absolute atomic E-state index is 0.0833. The maximum atomic E-state index is 12.8. The summed E-state index contributed by atoms with van der Waals surface area (Å²) in [5, 5.41) is -0.549. The summed E-state index contributed by atoms with van der Waals surface area (Å²) in [6.45, 7) is 0.928. The number of para-hydroxylation sites is 1. The fourth-order valence-electron chi connectivity index (χ4n) is 3.73. The van der Waals surface area contributed by atoms with Crippen molar-refractivity contribution >= 4 is 21.6 Å². The number of sulfonamides is 1. The van der Waals surface area contributed by atoms with Crippen LogP contribution >= 0.6 is 0 Å². The highest BCUT2D eigenvalue weighted by Crippen LogP contribution is 2.35. The van der Waals surface area contributed by atoms with Crippen LogP contribution in [0.1, 0.15) is 22.8 Å². The van der Waals surface area contributed by atoms with Gasteiger partial charge in [0.1, 0.15) is 5.25 Å². The Morgan fingerprint density at radius 1 is 1.00 bits per heavy atom. The Balaban J connectivity index is 1.51. The molecule has 6 heteroatoms. The molecule has 1 unspecified atom stereocenters. The quantitative estimate of drug-likeness (QED) is 0.848. The van der Waals surface area contributed by atoms with E-state index in [4.69, 9.17) is 0 Å². The fraction of sp³-hybridized carbons (Fsp3) is 0.316. The third-order valence-corrected chi connectivity index (χ3v) is 7.29. The van der Waals surface area contributed by atoms with Gasteiger partial charge in [0.05, 0.1) is 6.54 Å². The standard InChI is InChI=1S/C19H20N2O3S/c22-19(21-13-10-15-6-4-5-9-17(15)21)14-20-12-11-18(25(20,23)24)16-7-2-1-3-8-16/h1-9,18H,10-14H2. The Morgan fingerprint density at radius 2 is 1.72 bits per heavy atom. The lowest BCUT2D eigenvalue weighted by atomic mass is 10.1.